The molecule has 0 aliphatic rings. The largest absolute Gasteiger partial charge is 0.480 e. The molecule has 0 radical (unpaired) electrons. The van der Waals surface area contributed by atoms with E-state index >= 15 is 0 Å². The van der Waals surface area contributed by atoms with Gasteiger partial charge >= 0.3 is 18.2 Å². The molecule has 0 bridgehead atoms. The van der Waals surface area contributed by atoms with Gasteiger partial charge in [0.2, 0.25) is 0 Å². The van der Waals surface area contributed by atoms with Crippen molar-refractivity contribution in [2.24, 2.45) is 0 Å². The van der Waals surface area contributed by atoms with Crippen LogP contribution in [0.4, 0.5) is 18.0 Å². The minimum atomic E-state index is -4.86. The Balaban J connectivity index is 2.13. The molecular formula is C17H15F3N2O5. The number of rotatable bonds is 6. The minimum Gasteiger partial charge on any atom is -0.480 e. The quantitative estimate of drug-likeness (QED) is 0.706. The van der Waals surface area contributed by atoms with Gasteiger partial charge in [-0.05, 0) is 17.7 Å². The molecule has 1 heterocycles. The Morgan fingerprint density at radius 3 is 2.41 bits per heavy atom. The summed E-state index contributed by atoms with van der Waals surface area (Å²) in [5.41, 5.74) is -1.60. The number of halogens is 3. The lowest BCUT2D eigenvalue weighted by Gasteiger charge is -2.22. The van der Waals surface area contributed by atoms with E-state index in [4.69, 9.17) is 4.74 Å². The molecule has 27 heavy (non-hydrogen) atoms. The van der Waals surface area contributed by atoms with Crippen molar-refractivity contribution in [1.29, 1.82) is 0 Å². The summed E-state index contributed by atoms with van der Waals surface area (Å²) in [6.07, 6.45) is -7.35. The molecule has 0 spiro atoms. The zero-order valence-electron chi connectivity index (χ0n) is 13.7. The van der Waals surface area contributed by atoms with Gasteiger partial charge in [-0.3, -0.25) is 4.98 Å². The van der Waals surface area contributed by atoms with Crippen LogP contribution in [0.2, 0.25) is 0 Å². The Kier molecular flexibility index (Phi) is 6.35. The van der Waals surface area contributed by atoms with Crippen molar-refractivity contribution in [2.75, 3.05) is 0 Å². The van der Waals surface area contributed by atoms with Crippen LogP contribution < -0.4 is 5.32 Å². The Morgan fingerprint density at radius 1 is 1.15 bits per heavy atom. The average molecular weight is 384 g/mol. The summed E-state index contributed by atoms with van der Waals surface area (Å²) in [6, 6.07) is 7.99. The van der Waals surface area contributed by atoms with E-state index < -0.39 is 41.6 Å². The molecule has 2 unspecified atom stereocenters. The fraction of sp³-hybridized carbons (Fsp3) is 0.235. The van der Waals surface area contributed by atoms with Crippen molar-refractivity contribution >= 4 is 12.1 Å². The first kappa shape index (κ1) is 20.2. The molecule has 0 saturated carbocycles. The van der Waals surface area contributed by atoms with Gasteiger partial charge < -0.3 is 20.3 Å². The molecule has 0 saturated heterocycles. The Labute approximate surface area is 151 Å². The SMILES string of the molecule is O=C(NC(C(=O)O)C(O)c1ncccc1C(F)(F)F)OCc1ccccc1. The molecule has 2 rings (SSSR count). The lowest BCUT2D eigenvalue weighted by molar-refractivity contribution is -0.145. The maximum Gasteiger partial charge on any atom is 0.418 e. The van der Waals surface area contributed by atoms with Crippen molar-refractivity contribution in [3.8, 4) is 0 Å². The molecule has 0 aliphatic heterocycles. The average Bonchev–Trinajstić information content (AvgIpc) is 2.64. The Bertz CT molecular complexity index is 799. The van der Waals surface area contributed by atoms with Crippen LogP contribution in [0.15, 0.2) is 48.7 Å². The van der Waals surface area contributed by atoms with Gasteiger partial charge in [0.05, 0.1) is 11.3 Å². The van der Waals surface area contributed by atoms with Crippen LogP contribution in [0.25, 0.3) is 0 Å². The van der Waals surface area contributed by atoms with Gasteiger partial charge in [-0.1, -0.05) is 30.3 Å². The lowest BCUT2D eigenvalue weighted by atomic mass is 10.0. The number of carboxylic acids is 1. The van der Waals surface area contributed by atoms with Crippen molar-refractivity contribution in [3.05, 3.63) is 65.5 Å². The number of nitrogens with one attached hydrogen (secondary N) is 1. The van der Waals surface area contributed by atoms with Crippen molar-refractivity contribution in [3.63, 3.8) is 0 Å². The van der Waals surface area contributed by atoms with Crippen molar-refractivity contribution in [1.82, 2.24) is 10.3 Å². The number of aliphatic hydroxyl groups excluding tert-OH is 1. The zero-order valence-corrected chi connectivity index (χ0v) is 13.7. The highest BCUT2D eigenvalue weighted by Crippen LogP contribution is 2.34. The summed E-state index contributed by atoms with van der Waals surface area (Å²) in [7, 11) is 0. The van der Waals surface area contributed by atoms with Crippen LogP contribution in [-0.2, 0) is 22.3 Å². The van der Waals surface area contributed by atoms with Gasteiger partial charge in [0.25, 0.3) is 0 Å². The van der Waals surface area contributed by atoms with Crippen molar-refractivity contribution in [2.45, 2.75) is 24.9 Å². The monoisotopic (exact) mass is 384 g/mol. The van der Waals surface area contributed by atoms with Gasteiger partial charge in [0.1, 0.15) is 12.7 Å². The predicted molar refractivity (Wildman–Crippen MR) is 85.4 cm³/mol. The van der Waals surface area contributed by atoms with E-state index in [-0.39, 0.29) is 6.61 Å². The minimum absolute atomic E-state index is 0.188. The number of benzene rings is 1. The number of carbonyl (C=O) groups is 2. The highest BCUT2D eigenvalue weighted by molar-refractivity contribution is 5.80. The van der Waals surface area contributed by atoms with Gasteiger partial charge in [-0.15, -0.1) is 0 Å². The predicted octanol–water partition coefficient (Wildman–Crippen LogP) is 2.51. The van der Waals surface area contributed by atoms with Gasteiger partial charge in [0, 0.05) is 6.20 Å². The van der Waals surface area contributed by atoms with Crippen LogP contribution in [0.1, 0.15) is 22.9 Å². The highest BCUT2D eigenvalue weighted by atomic mass is 19.4. The molecule has 1 aromatic heterocycles. The molecule has 1 aromatic carbocycles. The number of aliphatic hydroxyl groups is 1. The molecule has 0 fully saturated rings. The summed E-state index contributed by atoms with van der Waals surface area (Å²) in [6.45, 7) is -0.188. The first-order chi connectivity index (χ1) is 12.7. The molecule has 10 heteroatoms. The number of hydrogen-bond donors (Lipinski definition) is 3. The lowest BCUT2D eigenvalue weighted by Crippen LogP contribution is -2.45. The number of alkyl carbamates (subject to hydrolysis) is 1. The first-order valence-corrected chi connectivity index (χ1v) is 7.60. The normalized spacial score (nSPS) is 13.5. The summed E-state index contributed by atoms with van der Waals surface area (Å²) in [4.78, 5) is 26.6. The van der Waals surface area contributed by atoms with Crippen LogP contribution >= 0.6 is 0 Å². The first-order valence-electron chi connectivity index (χ1n) is 7.60. The Hall–Kier alpha value is -3.14. The fourth-order valence-electron chi connectivity index (χ4n) is 2.22. The van der Waals surface area contributed by atoms with Gasteiger partial charge in [0.15, 0.2) is 6.04 Å². The van der Waals surface area contributed by atoms with E-state index in [1.54, 1.807) is 30.3 Å². The Morgan fingerprint density at radius 2 is 1.81 bits per heavy atom. The number of carbonyl (C=O) groups excluding carboxylic acids is 1. The molecule has 0 aliphatic carbocycles. The smallest absolute Gasteiger partial charge is 0.418 e. The molecule has 2 aromatic rings. The number of aliphatic carboxylic acids is 1. The van der Waals surface area contributed by atoms with E-state index in [1.807, 2.05) is 5.32 Å². The molecule has 3 N–H and O–H groups in total. The summed E-state index contributed by atoms with van der Waals surface area (Å²) in [5, 5.41) is 21.2. The van der Waals surface area contributed by atoms with Crippen LogP contribution in [0, 0.1) is 0 Å². The number of aromatic nitrogens is 1. The van der Waals surface area contributed by atoms with Crippen molar-refractivity contribution < 1.29 is 37.7 Å². The molecule has 7 nitrogen and oxygen atoms in total. The summed E-state index contributed by atoms with van der Waals surface area (Å²) >= 11 is 0. The standard InChI is InChI=1S/C17H15F3N2O5/c18-17(19,20)11-7-4-8-21-12(11)14(23)13(15(24)25)22-16(26)27-9-10-5-2-1-3-6-10/h1-8,13-14,23H,9H2,(H,22,26)(H,24,25). The summed E-state index contributed by atoms with van der Waals surface area (Å²) in [5.74, 6) is -1.75. The molecule has 1 amide bonds. The number of hydrogen-bond acceptors (Lipinski definition) is 5. The third kappa shape index (κ3) is 5.42. The summed E-state index contributed by atoms with van der Waals surface area (Å²) < 4.78 is 43.9. The topological polar surface area (TPSA) is 109 Å². The molecular weight excluding hydrogens is 369 g/mol. The second-order valence-corrected chi connectivity index (χ2v) is 5.40. The third-order valence-corrected chi connectivity index (χ3v) is 3.49. The second kappa shape index (κ2) is 8.49. The van der Waals surface area contributed by atoms with Crippen LogP contribution in [-0.4, -0.2) is 33.3 Å². The molecule has 2 atom stereocenters. The number of carboxylic acid groups (broad SMARTS) is 1. The van der Waals surface area contributed by atoms with E-state index in [1.165, 1.54) is 0 Å². The fourth-order valence-corrected chi connectivity index (χ4v) is 2.22. The van der Waals surface area contributed by atoms with Crippen LogP contribution in [0.5, 0.6) is 0 Å². The second-order valence-electron chi connectivity index (χ2n) is 5.40. The zero-order chi connectivity index (χ0) is 20.0. The maximum absolute atomic E-state index is 13.0. The number of ether oxygens (including phenoxy) is 1. The van der Waals surface area contributed by atoms with Gasteiger partial charge in [-0.2, -0.15) is 13.2 Å². The van der Waals surface area contributed by atoms with E-state index in [2.05, 4.69) is 4.98 Å². The number of alkyl halides is 3. The number of nitrogens with zero attached hydrogens (tertiary/aromatic N) is 1. The maximum atomic E-state index is 13.0. The highest BCUT2D eigenvalue weighted by Gasteiger charge is 2.40. The van der Waals surface area contributed by atoms with E-state index in [9.17, 15) is 33.0 Å². The van der Waals surface area contributed by atoms with Gasteiger partial charge in [-0.25, -0.2) is 9.59 Å². The third-order valence-electron chi connectivity index (χ3n) is 3.49. The van der Waals surface area contributed by atoms with E-state index in [0.717, 1.165) is 12.3 Å². The van der Waals surface area contributed by atoms with Crippen LogP contribution in [0.3, 0.4) is 0 Å². The number of amides is 1. The number of pyridine rings is 1. The molecule has 144 valence electrons. The van der Waals surface area contributed by atoms with E-state index in [0.29, 0.717) is 11.6 Å².